The Balaban J connectivity index is 2.37. The Labute approximate surface area is 90.9 Å². The molecule has 3 nitrogen and oxygen atoms in total. The van der Waals surface area contributed by atoms with Gasteiger partial charge in [-0.2, -0.15) is 0 Å². The summed E-state index contributed by atoms with van der Waals surface area (Å²) in [6.07, 6.45) is 2.16. The topological polar surface area (TPSA) is 41.1 Å². The summed E-state index contributed by atoms with van der Waals surface area (Å²) in [4.78, 5) is 11.6. The van der Waals surface area contributed by atoms with E-state index in [0.29, 0.717) is 11.6 Å². The monoisotopic (exact) mass is 206 g/mol. The van der Waals surface area contributed by atoms with E-state index >= 15 is 0 Å². The van der Waals surface area contributed by atoms with E-state index in [1.54, 1.807) is 12.1 Å². The van der Waals surface area contributed by atoms with E-state index in [1.165, 1.54) is 0 Å². The first-order chi connectivity index (χ1) is 7.24. The van der Waals surface area contributed by atoms with Crippen LogP contribution in [0.1, 0.15) is 37.0 Å². The van der Waals surface area contributed by atoms with Crippen molar-refractivity contribution in [1.82, 2.24) is 10.9 Å². The van der Waals surface area contributed by atoms with Crippen molar-refractivity contribution in [3.8, 4) is 0 Å². The number of hydrazine groups is 1. The summed E-state index contributed by atoms with van der Waals surface area (Å²) in [5.74, 6) is -0.0847. The fourth-order valence-electron chi connectivity index (χ4n) is 1.36. The largest absolute Gasteiger partial charge is 0.287 e. The molecule has 3 heteroatoms. The molecule has 0 radical (unpaired) electrons. The van der Waals surface area contributed by atoms with Crippen LogP contribution in [0.25, 0.3) is 0 Å². The highest BCUT2D eigenvalue weighted by molar-refractivity contribution is 5.93. The molecule has 0 spiro atoms. The van der Waals surface area contributed by atoms with Gasteiger partial charge in [0.05, 0.1) is 0 Å². The van der Waals surface area contributed by atoms with Gasteiger partial charge in [0.2, 0.25) is 0 Å². The molecule has 1 aromatic rings. The summed E-state index contributed by atoms with van der Waals surface area (Å²) in [5, 5.41) is 0. The van der Waals surface area contributed by atoms with Gasteiger partial charge < -0.3 is 0 Å². The summed E-state index contributed by atoms with van der Waals surface area (Å²) in [7, 11) is 0. The van der Waals surface area contributed by atoms with Gasteiger partial charge in [-0.25, -0.2) is 5.43 Å². The average molecular weight is 206 g/mol. The Morgan fingerprint density at radius 1 is 1.33 bits per heavy atom. The number of hydrogen-bond donors (Lipinski definition) is 2. The molecule has 2 N–H and O–H groups in total. The fourth-order valence-corrected chi connectivity index (χ4v) is 1.36. The van der Waals surface area contributed by atoms with E-state index in [4.69, 9.17) is 0 Å². The Bertz CT molecular complexity index is 298. The maximum absolute atomic E-state index is 11.6. The van der Waals surface area contributed by atoms with Crippen molar-refractivity contribution in [1.29, 1.82) is 0 Å². The molecule has 0 saturated heterocycles. The van der Waals surface area contributed by atoms with Crippen LogP contribution in [-0.4, -0.2) is 11.9 Å². The van der Waals surface area contributed by atoms with E-state index < -0.39 is 0 Å². The molecule has 0 heterocycles. The second kappa shape index (κ2) is 6.19. The quantitative estimate of drug-likeness (QED) is 0.724. The third-order valence-corrected chi connectivity index (χ3v) is 2.19. The Hall–Kier alpha value is -1.35. The highest BCUT2D eigenvalue weighted by atomic mass is 16.2. The maximum atomic E-state index is 11.6. The van der Waals surface area contributed by atoms with Crippen LogP contribution >= 0.6 is 0 Å². The molecule has 0 aromatic heterocycles. The van der Waals surface area contributed by atoms with Crippen molar-refractivity contribution < 1.29 is 4.79 Å². The standard InChI is InChI=1S/C12H18N2O/c1-3-7-10(2)13-14-12(15)11-8-5-4-6-9-11/h4-6,8-10,13H,3,7H2,1-2H3,(H,14,15). The molecular weight excluding hydrogens is 188 g/mol. The van der Waals surface area contributed by atoms with Crippen molar-refractivity contribution in [2.45, 2.75) is 32.7 Å². The first-order valence-corrected chi connectivity index (χ1v) is 5.35. The van der Waals surface area contributed by atoms with Gasteiger partial charge in [-0.15, -0.1) is 0 Å². The molecule has 1 atom stereocenters. The number of amides is 1. The SMILES string of the molecule is CCCC(C)NNC(=O)c1ccccc1. The lowest BCUT2D eigenvalue weighted by Crippen LogP contribution is -2.42. The van der Waals surface area contributed by atoms with Crippen LogP contribution < -0.4 is 10.9 Å². The van der Waals surface area contributed by atoms with E-state index in [9.17, 15) is 4.79 Å². The minimum absolute atomic E-state index is 0.0847. The van der Waals surface area contributed by atoms with Gasteiger partial charge in [0.25, 0.3) is 5.91 Å². The zero-order valence-corrected chi connectivity index (χ0v) is 9.29. The van der Waals surface area contributed by atoms with Crippen LogP contribution in [0, 0.1) is 0 Å². The summed E-state index contributed by atoms with van der Waals surface area (Å²) in [6, 6.07) is 9.49. The van der Waals surface area contributed by atoms with Gasteiger partial charge in [0.1, 0.15) is 0 Å². The maximum Gasteiger partial charge on any atom is 0.265 e. The molecule has 1 aromatic carbocycles. The molecule has 0 bridgehead atoms. The van der Waals surface area contributed by atoms with E-state index in [2.05, 4.69) is 24.7 Å². The molecule has 1 rings (SSSR count). The molecule has 1 unspecified atom stereocenters. The number of hydrogen-bond acceptors (Lipinski definition) is 2. The molecular formula is C12H18N2O. The van der Waals surface area contributed by atoms with Gasteiger partial charge in [-0.3, -0.25) is 10.2 Å². The Morgan fingerprint density at radius 2 is 2.00 bits per heavy atom. The number of carbonyl (C=O) groups is 1. The summed E-state index contributed by atoms with van der Waals surface area (Å²) >= 11 is 0. The van der Waals surface area contributed by atoms with Crippen LogP contribution in [-0.2, 0) is 0 Å². The third kappa shape index (κ3) is 4.13. The summed E-state index contributed by atoms with van der Waals surface area (Å²) < 4.78 is 0. The molecule has 82 valence electrons. The molecule has 15 heavy (non-hydrogen) atoms. The first-order valence-electron chi connectivity index (χ1n) is 5.35. The van der Waals surface area contributed by atoms with Gasteiger partial charge in [-0.1, -0.05) is 31.5 Å². The summed E-state index contributed by atoms with van der Waals surface area (Å²) in [5.41, 5.74) is 6.35. The second-order valence-electron chi connectivity index (χ2n) is 3.65. The lowest BCUT2D eigenvalue weighted by atomic mass is 10.2. The molecule has 0 aliphatic carbocycles. The Kier molecular flexibility index (Phi) is 4.84. The summed E-state index contributed by atoms with van der Waals surface area (Å²) in [6.45, 7) is 4.17. The van der Waals surface area contributed by atoms with E-state index in [0.717, 1.165) is 12.8 Å². The highest BCUT2D eigenvalue weighted by Gasteiger charge is 2.05. The molecule has 0 aliphatic rings. The second-order valence-corrected chi connectivity index (χ2v) is 3.65. The molecule has 1 amide bonds. The molecule has 0 saturated carbocycles. The van der Waals surface area contributed by atoms with Gasteiger partial charge in [0.15, 0.2) is 0 Å². The van der Waals surface area contributed by atoms with Crippen molar-refractivity contribution in [3.05, 3.63) is 35.9 Å². The van der Waals surface area contributed by atoms with Crippen LogP contribution in [0.2, 0.25) is 0 Å². The third-order valence-electron chi connectivity index (χ3n) is 2.19. The molecule has 0 aliphatic heterocycles. The predicted molar refractivity (Wildman–Crippen MR) is 61.4 cm³/mol. The van der Waals surface area contributed by atoms with Crippen molar-refractivity contribution in [2.24, 2.45) is 0 Å². The Morgan fingerprint density at radius 3 is 2.60 bits per heavy atom. The minimum Gasteiger partial charge on any atom is -0.287 e. The van der Waals surface area contributed by atoms with Crippen molar-refractivity contribution in [3.63, 3.8) is 0 Å². The highest BCUT2D eigenvalue weighted by Crippen LogP contribution is 1.98. The van der Waals surface area contributed by atoms with E-state index in [-0.39, 0.29) is 5.91 Å². The lowest BCUT2D eigenvalue weighted by Gasteiger charge is -2.13. The molecule has 0 fully saturated rings. The smallest absolute Gasteiger partial charge is 0.265 e. The van der Waals surface area contributed by atoms with Gasteiger partial charge >= 0.3 is 0 Å². The number of carbonyl (C=O) groups excluding carboxylic acids is 1. The average Bonchev–Trinajstić information content (AvgIpc) is 2.27. The van der Waals surface area contributed by atoms with Gasteiger partial charge in [0, 0.05) is 11.6 Å². The van der Waals surface area contributed by atoms with Crippen molar-refractivity contribution in [2.75, 3.05) is 0 Å². The van der Waals surface area contributed by atoms with Crippen LogP contribution in [0.4, 0.5) is 0 Å². The minimum atomic E-state index is -0.0847. The first kappa shape index (κ1) is 11.7. The lowest BCUT2D eigenvalue weighted by molar-refractivity contribution is 0.0925. The number of benzene rings is 1. The number of rotatable bonds is 5. The zero-order valence-electron chi connectivity index (χ0n) is 9.29. The van der Waals surface area contributed by atoms with Crippen LogP contribution in [0.5, 0.6) is 0 Å². The van der Waals surface area contributed by atoms with Gasteiger partial charge in [-0.05, 0) is 25.5 Å². The normalized spacial score (nSPS) is 12.1. The fraction of sp³-hybridized carbons (Fsp3) is 0.417. The van der Waals surface area contributed by atoms with Crippen LogP contribution in [0.3, 0.4) is 0 Å². The predicted octanol–water partition coefficient (Wildman–Crippen LogP) is 2.11. The zero-order chi connectivity index (χ0) is 11.1. The van der Waals surface area contributed by atoms with Crippen LogP contribution in [0.15, 0.2) is 30.3 Å². The van der Waals surface area contributed by atoms with Crippen molar-refractivity contribution >= 4 is 5.91 Å². The van der Waals surface area contributed by atoms with E-state index in [1.807, 2.05) is 18.2 Å². The number of nitrogens with one attached hydrogen (secondary N) is 2.